The van der Waals surface area contributed by atoms with Crippen molar-refractivity contribution >= 4 is 5.69 Å². The average Bonchev–Trinajstić information content (AvgIpc) is 2.41. The van der Waals surface area contributed by atoms with Gasteiger partial charge in [-0.1, -0.05) is 13.0 Å². The Kier molecular flexibility index (Phi) is 5.08. The third-order valence-electron chi connectivity index (χ3n) is 3.68. The molecule has 1 N–H and O–H groups in total. The van der Waals surface area contributed by atoms with Crippen LogP contribution in [0, 0.1) is 6.92 Å². The maximum Gasteiger partial charge on any atom is 0.142 e. The Bertz CT molecular complexity index is 398. The fourth-order valence-electron chi connectivity index (χ4n) is 2.45. The van der Waals surface area contributed by atoms with E-state index in [1.807, 2.05) is 0 Å². The maximum atomic E-state index is 5.86. The first-order valence-electron chi connectivity index (χ1n) is 7.37. The molecule has 1 heterocycles. The van der Waals surface area contributed by atoms with Crippen LogP contribution in [0.5, 0.6) is 5.75 Å². The van der Waals surface area contributed by atoms with E-state index in [0.29, 0.717) is 6.04 Å². The Labute approximate surface area is 116 Å². The van der Waals surface area contributed by atoms with E-state index in [0.717, 1.165) is 24.5 Å². The summed E-state index contributed by atoms with van der Waals surface area (Å²) in [5.74, 6) is 1.00. The van der Waals surface area contributed by atoms with Crippen molar-refractivity contribution in [2.45, 2.75) is 39.2 Å². The highest BCUT2D eigenvalue weighted by Crippen LogP contribution is 2.28. The van der Waals surface area contributed by atoms with Crippen molar-refractivity contribution in [1.82, 2.24) is 4.90 Å². The second kappa shape index (κ2) is 6.80. The summed E-state index contributed by atoms with van der Waals surface area (Å²) < 4.78 is 5.86. The third kappa shape index (κ3) is 4.13. The summed E-state index contributed by atoms with van der Waals surface area (Å²) in [6, 6.07) is 7.00. The maximum absolute atomic E-state index is 5.86. The summed E-state index contributed by atoms with van der Waals surface area (Å²) in [4.78, 5) is 2.39. The molecule has 0 radical (unpaired) electrons. The predicted molar refractivity (Wildman–Crippen MR) is 81.1 cm³/mol. The van der Waals surface area contributed by atoms with Crippen LogP contribution < -0.4 is 10.1 Å². The molecule has 3 heteroatoms. The first-order chi connectivity index (χ1) is 9.19. The lowest BCUT2D eigenvalue weighted by atomic mass is 10.0. The molecule has 0 atom stereocenters. The average molecular weight is 262 g/mol. The van der Waals surface area contributed by atoms with Crippen LogP contribution in [0.2, 0.25) is 0 Å². The number of anilines is 1. The van der Waals surface area contributed by atoms with Crippen molar-refractivity contribution < 1.29 is 4.74 Å². The van der Waals surface area contributed by atoms with Gasteiger partial charge in [0.05, 0.1) is 12.3 Å². The van der Waals surface area contributed by atoms with Gasteiger partial charge in [-0.3, -0.25) is 0 Å². The number of hydrogen-bond acceptors (Lipinski definition) is 3. The van der Waals surface area contributed by atoms with Crippen LogP contribution in [0.15, 0.2) is 18.2 Å². The fraction of sp³-hybridized carbons (Fsp3) is 0.625. The quantitative estimate of drug-likeness (QED) is 0.881. The molecule has 1 aliphatic rings. The number of ether oxygens (including phenoxy) is 1. The number of benzene rings is 1. The molecule has 0 saturated carbocycles. The Morgan fingerprint density at radius 3 is 2.74 bits per heavy atom. The highest BCUT2D eigenvalue weighted by molar-refractivity contribution is 5.58. The molecule has 0 aromatic heterocycles. The van der Waals surface area contributed by atoms with Crippen LogP contribution >= 0.6 is 0 Å². The minimum Gasteiger partial charge on any atom is -0.491 e. The van der Waals surface area contributed by atoms with Gasteiger partial charge >= 0.3 is 0 Å². The minimum atomic E-state index is 0.572. The molecule has 1 saturated heterocycles. The van der Waals surface area contributed by atoms with Crippen LogP contribution in [-0.4, -0.2) is 37.7 Å². The Hall–Kier alpha value is -1.22. The van der Waals surface area contributed by atoms with Crippen molar-refractivity contribution in [3.63, 3.8) is 0 Å². The summed E-state index contributed by atoms with van der Waals surface area (Å²) in [6.45, 7) is 7.38. The van der Waals surface area contributed by atoms with Crippen LogP contribution in [0.1, 0.15) is 31.7 Å². The van der Waals surface area contributed by atoms with E-state index in [-0.39, 0.29) is 0 Å². The van der Waals surface area contributed by atoms with Crippen molar-refractivity contribution in [3.8, 4) is 5.75 Å². The predicted octanol–water partition coefficient (Wildman–Crippen LogP) is 3.29. The summed E-state index contributed by atoms with van der Waals surface area (Å²) in [7, 11) is 2.19. The van der Waals surface area contributed by atoms with Gasteiger partial charge in [0.15, 0.2) is 0 Å². The number of piperidine rings is 1. The van der Waals surface area contributed by atoms with Gasteiger partial charge in [-0.25, -0.2) is 0 Å². The zero-order chi connectivity index (χ0) is 13.7. The molecule has 106 valence electrons. The minimum absolute atomic E-state index is 0.572. The van der Waals surface area contributed by atoms with E-state index in [9.17, 15) is 0 Å². The molecule has 0 bridgehead atoms. The number of rotatable bonds is 5. The summed E-state index contributed by atoms with van der Waals surface area (Å²) in [6.07, 6.45) is 3.46. The highest BCUT2D eigenvalue weighted by Gasteiger charge is 2.17. The second-order valence-electron chi connectivity index (χ2n) is 5.57. The molecule has 19 heavy (non-hydrogen) atoms. The lowest BCUT2D eigenvalue weighted by Gasteiger charge is -2.30. The molecule has 0 unspecified atom stereocenters. The molecule has 0 aliphatic carbocycles. The number of aryl methyl sites for hydroxylation is 1. The molecular formula is C16H26N2O. The summed E-state index contributed by atoms with van der Waals surface area (Å²) in [5.41, 5.74) is 2.40. The number of nitrogens with one attached hydrogen (secondary N) is 1. The van der Waals surface area contributed by atoms with E-state index in [4.69, 9.17) is 4.74 Å². The van der Waals surface area contributed by atoms with Gasteiger partial charge in [-0.2, -0.15) is 0 Å². The van der Waals surface area contributed by atoms with Crippen molar-refractivity contribution in [2.75, 3.05) is 32.1 Å². The molecule has 1 fully saturated rings. The van der Waals surface area contributed by atoms with Crippen LogP contribution in [-0.2, 0) is 0 Å². The molecule has 3 nitrogen and oxygen atoms in total. The van der Waals surface area contributed by atoms with E-state index in [2.05, 4.69) is 49.3 Å². The van der Waals surface area contributed by atoms with Gasteiger partial charge in [0, 0.05) is 6.04 Å². The van der Waals surface area contributed by atoms with E-state index in [1.54, 1.807) is 0 Å². The van der Waals surface area contributed by atoms with Gasteiger partial charge in [0.2, 0.25) is 0 Å². The van der Waals surface area contributed by atoms with Gasteiger partial charge in [-0.05, 0) is 64.0 Å². The highest BCUT2D eigenvalue weighted by atomic mass is 16.5. The molecular weight excluding hydrogens is 236 g/mol. The zero-order valence-electron chi connectivity index (χ0n) is 12.4. The Morgan fingerprint density at radius 2 is 2.05 bits per heavy atom. The second-order valence-corrected chi connectivity index (χ2v) is 5.57. The molecule has 1 aliphatic heterocycles. The van der Waals surface area contributed by atoms with Crippen LogP contribution in [0.3, 0.4) is 0 Å². The topological polar surface area (TPSA) is 24.5 Å². The number of hydrogen-bond donors (Lipinski definition) is 1. The summed E-state index contributed by atoms with van der Waals surface area (Å²) in [5, 5.41) is 3.65. The lowest BCUT2D eigenvalue weighted by molar-refractivity contribution is 0.263. The lowest BCUT2D eigenvalue weighted by Crippen LogP contribution is -2.36. The fourth-order valence-corrected chi connectivity index (χ4v) is 2.45. The standard InChI is InChI=1S/C16H26N2O/c1-4-11-19-16-12-13(2)5-6-15(16)17-14-7-9-18(3)10-8-14/h5-6,12,14,17H,4,7-11H2,1-3H3. The van der Waals surface area contributed by atoms with Crippen LogP contribution in [0.4, 0.5) is 5.69 Å². The van der Waals surface area contributed by atoms with Crippen molar-refractivity contribution in [2.24, 2.45) is 0 Å². The Morgan fingerprint density at radius 1 is 1.32 bits per heavy atom. The van der Waals surface area contributed by atoms with E-state index >= 15 is 0 Å². The summed E-state index contributed by atoms with van der Waals surface area (Å²) >= 11 is 0. The molecule has 1 aromatic carbocycles. The molecule has 0 spiro atoms. The monoisotopic (exact) mass is 262 g/mol. The van der Waals surface area contributed by atoms with E-state index < -0.39 is 0 Å². The number of likely N-dealkylation sites (tertiary alicyclic amines) is 1. The third-order valence-corrected chi connectivity index (χ3v) is 3.68. The first kappa shape index (κ1) is 14.2. The van der Waals surface area contributed by atoms with Crippen molar-refractivity contribution in [3.05, 3.63) is 23.8 Å². The SMILES string of the molecule is CCCOc1cc(C)ccc1NC1CCN(C)CC1. The van der Waals surface area contributed by atoms with Gasteiger partial charge in [0.25, 0.3) is 0 Å². The van der Waals surface area contributed by atoms with Crippen molar-refractivity contribution in [1.29, 1.82) is 0 Å². The molecule has 1 aromatic rings. The first-order valence-corrected chi connectivity index (χ1v) is 7.37. The zero-order valence-corrected chi connectivity index (χ0v) is 12.4. The molecule has 0 amide bonds. The van der Waals surface area contributed by atoms with Gasteiger partial charge in [0.1, 0.15) is 5.75 Å². The smallest absolute Gasteiger partial charge is 0.142 e. The largest absolute Gasteiger partial charge is 0.491 e. The van der Waals surface area contributed by atoms with E-state index in [1.165, 1.54) is 31.5 Å². The van der Waals surface area contributed by atoms with Gasteiger partial charge < -0.3 is 15.0 Å². The molecule has 2 rings (SSSR count). The Balaban J connectivity index is 2.02. The van der Waals surface area contributed by atoms with Crippen LogP contribution in [0.25, 0.3) is 0 Å². The normalized spacial score (nSPS) is 17.4. The number of nitrogens with zero attached hydrogens (tertiary/aromatic N) is 1. The van der Waals surface area contributed by atoms with Gasteiger partial charge in [-0.15, -0.1) is 0 Å².